The van der Waals surface area contributed by atoms with E-state index >= 15 is 0 Å². The van der Waals surface area contributed by atoms with Crippen LogP contribution in [-0.4, -0.2) is 27.9 Å². The quantitative estimate of drug-likeness (QED) is 0.822. The average Bonchev–Trinajstić information content (AvgIpc) is 2.97. The molecule has 1 aliphatic heterocycles. The Kier molecular flexibility index (Phi) is 2.11. The topological polar surface area (TPSA) is 75.2 Å². The second kappa shape index (κ2) is 3.62. The predicted molar refractivity (Wildman–Crippen MR) is 59.9 cm³/mol. The summed E-state index contributed by atoms with van der Waals surface area (Å²) < 4.78 is 5.34. The number of aromatic amines is 1. The zero-order valence-electron chi connectivity index (χ0n) is 8.88. The second-order valence-electron chi connectivity index (χ2n) is 3.94. The van der Waals surface area contributed by atoms with Crippen LogP contribution < -0.4 is 4.74 Å². The van der Waals surface area contributed by atoms with E-state index in [0.717, 1.165) is 16.7 Å². The third kappa shape index (κ3) is 1.56. The van der Waals surface area contributed by atoms with Crippen LogP contribution in [0.2, 0.25) is 0 Å². The molecular formula is C12H10N2O3. The fraction of sp³-hybridized carbons (Fsp3) is 0.167. The molecule has 2 heterocycles. The minimum absolute atomic E-state index is 0.208. The van der Waals surface area contributed by atoms with Crippen LogP contribution in [0.5, 0.6) is 5.75 Å². The number of hydrogen-bond donors (Lipinski definition) is 2. The first-order valence-electron chi connectivity index (χ1n) is 5.24. The van der Waals surface area contributed by atoms with Crippen LogP contribution >= 0.6 is 0 Å². The van der Waals surface area contributed by atoms with Crippen LogP contribution in [0, 0.1) is 0 Å². The molecule has 86 valence electrons. The number of carboxylic acids is 1. The third-order valence-electron chi connectivity index (χ3n) is 2.92. The van der Waals surface area contributed by atoms with E-state index in [-0.39, 0.29) is 6.61 Å². The number of carbonyl (C=O) groups is 1. The number of H-pyrrole nitrogens is 1. The van der Waals surface area contributed by atoms with Crippen LogP contribution in [0.1, 0.15) is 11.5 Å². The summed E-state index contributed by atoms with van der Waals surface area (Å²) in [5.41, 5.74) is 2.61. The maximum Gasteiger partial charge on any atom is 0.314 e. The van der Waals surface area contributed by atoms with Gasteiger partial charge in [0.15, 0.2) is 0 Å². The Balaban J connectivity index is 2.07. The number of ether oxygens (including phenoxy) is 1. The monoisotopic (exact) mass is 230 g/mol. The van der Waals surface area contributed by atoms with Gasteiger partial charge in [0.2, 0.25) is 0 Å². The molecule has 1 aliphatic rings. The Morgan fingerprint density at radius 1 is 1.47 bits per heavy atom. The molecule has 0 aliphatic carbocycles. The molecule has 0 saturated carbocycles. The lowest BCUT2D eigenvalue weighted by molar-refractivity contribution is -0.138. The van der Waals surface area contributed by atoms with Gasteiger partial charge < -0.3 is 9.84 Å². The van der Waals surface area contributed by atoms with Crippen molar-refractivity contribution in [1.82, 2.24) is 10.2 Å². The van der Waals surface area contributed by atoms with E-state index in [1.54, 1.807) is 18.5 Å². The van der Waals surface area contributed by atoms with Gasteiger partial charge in [0.25, 0.3) is 0 Å². The standard InChI is InChI=1S/C12H10N2O3/c15-12(16)10-6-17-11-2-1-7(3-9(10)11)8-4-13-14-5-8/h1-5,10H,6H2,(H,13,14)(H,15,16). The molecule has 1 unspecified atom stereocenters. The van der Waals surface area contributed by atoms with Crippen LogP contribution in [0.4, 0.5) is 0 Å². The van der Waals surface area contributed by atoms with Crippen molar-refractivity contribution in [2.24, 2.45) is 0 Å². The molecule has 5 nitrogen and oxygen atoms in total. The zero-order chi connectivity index (χ0) is 11.8. The molecule has 0 spiro atoms. The summed E-state index contributed by atoms with van der Waals surface area (Å²) in [5.74, 6) is -0.769. The largest absolute Gasteiger partial charge is 0.492 e. The lowest BCUT2D eigenvalue weighted by atomic mass is 9.97. The Bertz CT molecular complexity index is 563. The average molecular weight is 230 g/mol. The van der Waals surface area contributed by atoms with Crippen molar-refractivity contribution in [2.45, 2.75) is 5.92 Å². The highest BCUT2D eigenvalue weighted by Crippen LogP contribution is 2.36. The van der Waals surface area contributed by atoms with Gasteiger partial charge in [0.05, 0.1) is 6.20 Å². The molecule has 0 bridgehead atoms. The van der Waals surface area contributed by atoms with Gasteiger partial charge in [-0.1, -0.05) is 6.07 Å². The maximum absolute atomic E-state index is 11.1. The number of nitrogens with zero attached hydrogens (tertiary/aromatic N) is 1. The SMILES string of the molecule is O=C(O)C1COc2ccc(-c3cn[nH]c3)cc21. The van der Waals surface area contributed by atoms with Gasteiger partial charge in [-0.2, -0.15) is 5.10 Å². The maximum atomic E-state index is 11.1. The van der Waals surface area contributed by atoms with Crippen LogP contribution in [0.25, 0.3) is 11.1 Å². The number of aliphatic carboxylic acids is 1. The minimum atomic E-state index is -0.854. The van der Waals surface area contributed by atoms with Crippen molar-refractivity contribution >= 4 is 5.97 Å². The molecule has 0 fully saturated rings. The Morgan fingerprint density at radius 2 is 2.35 bits per heavy atom. The summed E-state index contributed by atoms with van der Waals surface area (Å²) in [6.45, 7) is 0.208. The summed E-state index contributed by atoms with van der Waals surface area (Å²) in [6.07, 6.45) is 3.47. The first kappa shape index (κ1) is 9.89. The lowest BCUT2D eigenvalue weighted by Gasteiger charge is -2.04. The summed E-state index contributed by atoms with van der Waals surface area (Å²) in [4.78, 5) is 11.1. The highest BCUT2D eigenvalue weighted by atomic mass is 16.5. The summed E-state index contributed by atoms with van der Waals surface area (Å²) in [5, 5.41) is 15.7. The van der Waals surface area contributed by atoms with E-state index in [4.69, 9.17) is 9.84 Å². The summed E-state index contributed by atoms with van der Waals surface area (Å²) in [7, 11) is 0. The second-order valence-corrected chi connectivity index (χ2v) is 3.94. The zero-order valence-corrected chi connectivity index (χ0v) is 8.88. The van der Waals surface area contributed by atoms with Crippen LogP contribution in [0.3, 0.4) is 0 Å². The molecule has 0 amide bonds. The van der Waals surface area contributed by atoms with E-state index in [0.29, 0.717) is 5.75 Å². The van der Waals surface area contributed by atoms with Crippen molar-refractivity contribution in [2.75, 3.05) is 6.61 Å². The van der Waals surface area contributed by atoms with Gasteiger partial charge >= 0.3 is 5.97 Å². The van der Waals surface area contributed by atoms with Gasteiger partial charge in [-0.25, -0.2) is 0 Å². The molecular weight excluding hydrogens is 220 g/mol. The molecule has 1 aromatic heterocycles. The molecule has 5 heteroatoms. The van der Waals surface area contributed by atoms with E-state index in [1.165, 1.54) is 0 Å². The number of carboxylic acid groups (broad SMARTS) is 1. The Hall–Kier alpha value is -2.30. The minimum Gasteiger partial charge on any atom is -0.492 e. The first-order valence-corrected chi connectivity index (χ1v) is 5.24. The van der Waals surface area contributed by atoms with Crippen molar-refractivity contribution < 1.29 is 14.6 Å². The highest BCUT2D eigenvalue weighted by Gasteiger charge is 2.30. The smallest absolute Gasteiger partial charge is 0.314 e. The van der Waals surface area contributed by atoms with E-state index in [9.17, 15) is 4.79 Å². The highest BCUT2D eigenvalue weighted by molar-refractivity contribution is 5.80. The Labute approximate surface area is 97.0 Å². The van der Waals surface area contributed by atoms with Crippen LogP contribution in [0.15, 0.2) is 30.6 Å². The molecule has 1 aromatic carbocycles. The van der Waals surface area contributed by atoms with E-state index < -0.39 is 11.9 Å². The van der Waals surface area contributed by atoms with Crippen molar-refractivity contribution in [3.8, 4) is 16.9 Å². The van der Waals surface area contributed by atoms with Gasteiger partial charge in [-0.15, -0.1) is 0 Å². The first-order chi connectivity index (χ1) is 8.25. The number of aromatic nitrogens is 2. The third-order valence-corrected chi connectivity index (χ3v) is 2.92. The molecule has 2 aromatic rings. The van der Waals surface area contributed by atoms with Crippen LogP contribution in [-0.2, 0) is 4.79 Å². The number of hydrogen-bond acceptors (Lipinski definition) is 3. The van der Waals surface area contributed by atoms with Crippen molar-refractivity contribution in [1.29, 1.82) is 0 Å². The fourth-order valence-corrected chi connectivity index (χ4v) is 2.01. The number of fused-ring (bicyclic) bond motifs is 1. The van der Waals surface area contributed by atoms with E-state index in [2.05, 4.69) is 10.2 Å². The van der Waals surface area contributed by atoms with Gasteiger partial charge in [0, 0.05) is 17.3 Å². The van der Waals surface area contributed by atoms with Gasteiger partial charge in [-0.05, 0) is 17.7 Å². The van der Waals surface area contributed by atoms with Gasteiger partial charge in [-0.3, -0.25) is 9.89 Å². The van der Waals surface area contributed by atoms with Crippen molar-refractivity contribution in [3.63, 3.8) is 0 Å². The molecule has 17 heavy (non-hydrogen) atoms. The molecule has 3 rings (SSSR count). The predicted octanol–water partition coefficient (Wildman–Crippen LogP) is 1.64. The number of benzene rings is 1. The normalized spacial score (nSPS) is 17.5. The summed E-state index contributed by atoms with van der Waals surface area (Å²) >= 11 is 0. The lowest BCUT2D eigenvalue weighted by Crippen LogP contribution is -2.12. The Morgan fingerprint density at radius 3 is 3.06 bits per heavy atom. The molecule has 1 atom stereocenters. The van der Waals surface area contributed by atoms with Crippen molar-refractivity contribution in [3.05, 3.63) is 36.2 Å². The fourth-order valence-electron chi connectivity index (χ4n) is 2.01. The molecule has 2 N–H and O–H groups in total. The van der Waals surface area contributed by atoms with E-state index in [1.807, 2.05) is 12.1 Å². The summed E-state index contributed by atoms with van der Waals surface area (Å²) in [6, 6.07) is 5.56. The van der Waals surface area contributed by atoms with Gasteiger partial charge in [0.1, 0.15) is 18.3 Å². The number of rotatable bonds is 2. The molecule has 0 radical (unpaired) electrons. The molecule has 0 saturated heterocycles. The number of nitrogens with one attached hydrogen (secondary N) is 1.